The van der Waals surface area contributed by atoms with E-state index in [0.717, 1.165) is 55.7 Å². The van der Waals surface area contributed by atoms with Gasteiger partial charge in [-0.2, -0.15) is 0 Å². The third-order valence-electron chi connectivity index (χ3n) is 11.3. The highest BCUT2D eigenvalue weighted by molar-refractivity contribution is 6.24. The van der Waals surface area contributed by atoms with Crippen molar-refractivity contribution in [2.45, 2.75) is 13.3 Å². The highest BCUT2D eigenvalue weighted by atomic mass is 16.3. The Bertz CT molecular complexity index is 3310. The Morgan fingerprint density at radius 3 is 1.91 bits per heavy atom. The van der Waals surface area contributed by atoms with Gasteiger partial charge in [-0.05, 0) is 121 Å². The maximum Gasteiger partial charge on any atom is 0.136 e. The van der Waals surface area contributed by atoms with E-state index < -0.39 is 0 Å². The van der Waals surface area contributed by atoms with Crippen LogP contribution in [0.2, 0.25) is 0 Å². The third kappa shape index (κ3) is 4.74. The van der Waals surface area contributed by atoms with Gasteiger partial charge < -0.3 is 8.83 Å². The lowest BCUT2D eigenvalue weighted by molar-refractivity contribution is 0.668. The molecule has 9 aromatic carbocycles. The Hall–Kier alpha value is -6.90. The summed E-state index contributed by atoms with van der Waals surface area (Å²) in [7, 11) is 0. The standard InChI is InChI=1S/C52H34O2/c1-32(13-2-3-14-33-16-12-17-34-15-4-5-18-37(33)34)50-38-19-6-8-21-40(38)51(41-22-9-7-20-39(41)50)36-26-27-47-44(29-36)45-31-43-35(30-49(45)54-47)25-28-48-52(43)42-23-10-11-24-46(42)53-48/h2-13,15-31H,14H2,1H3/b3-2-,32-13+. The first-order chi connectivity index (χ1) is 26.7. The number of hydrogen-bond donors (Lipinski definition) is 0. The summed E-state index contributed by atoms with van der Waals surface area (Å²) in [5, 5.41) is 14.4. The van der Waals surface area contributed by atoms with Crippen LogP contribution in [-0.2, 0) is 6.42 Å². The van der Waals surface area contributed by atoms with Gasteiger partial charge in [0, 0.05) is 21.5 Å². The van der Waals surface area contributed by atoms with Crippen molar-refractivity contribution in [3.05, 3.63) is 187 Å². The van der Waals surface area contributed by atoms with E-state index in [4.69, 9.17) is 8.83 Å². The summed E-state index contributed by atoms with van der Waals surface area (Å²) in [6.45, 7) is 2.24. The molecule has 54 heavy (non-hydrogen) atoms. The SMILES string of the molecule is C/C(=C\C=C/Cc1cccc2ccccc12)c1c2ccccc2c(-c2ccc3oc4cc5ccc6oc7ccccc7c6c5cc4c3c2)c2ccccc12. The third-order valence-corrected chi connectivity index (χ3v) is 11.3. The maximum absolute atomic E-state index is 6.52. The topological polar surface area (TPSA) is 26.3 Å². The van der Waals surface area contributed by atoms with Crippen LogP contribution in [0.15, 0.2) is 185 Å². The van der Waals surface area contributed by atoms with Crippen molar-refractivity contribution in [3.8, 4) is 11.1 Å². The fourth-order valence-electron chi connectivity index (χ4n) is 8.80. The molecule has 0 saturated heterocycles. The number of furan rings is 2. The van der Waals surface area contributed by atoms with Gasteiger partial charge in [-0.25, -0.2) is 0 Å². The van der Waals surface area contributed by atoms with Crippen LogP contribution < -0.4 is 0 Å². The zero-order valence-electron chi connectivity index (χ0n) is 29.8. The summed E-state index contributed by atoms with van der Waals surface area (Å²) in [5.74, 6) is 0. The van der Waals surface area contributed by atoms with Crippen LogP contribution in [0, 0.1) is 0 Å². The van der Waals surface area contributed by atoms with Crippen LogP contribution in [0.5, 0.6) is 0 Å². The fourth-order valence-corrected chi connectivity index (χ4v) is 8.80. The Kier molecular flexibility index (Phi) is 6.87. The molecular formula is C52H34O2. The van der Waals surface area contributed by atoms with E-state index in [2.05, 4.69) is 171 Å². The summed E-state index contributed by atoms with van der Waals surface area (Å²) >= 11 is 0. The van der Waals surface area contributed by atoms with Crippen LogP contribution in [-0.4, -0.2) is 0 Å². The molecule has 11 aromatic rings. The molecule has 2 heteroatoms. The van der Waals surface area contributed by atoms with Crippen LogP contribution in [0.1, 0.15) is 18.1 Å². The minimum atomic E-state index is 0.885. The molecule has 0 aliphatic heterocycles. The summed E-state index contributed by atoms with van der Waals surface area (Å²) in [5.41, 5.74) is 9.86. The molecule has 0 spiro atoms. The van der Waals surface area contributed by atoms with E-state index in [1.165, 1.54) is 65.5 Å². The summed E-state index contributed by atoms with van der Waals surface area (Å²) < 4.78 is 12.8. The van der Waals surface area contributed by atoms with Crippen molar-refractivity contribution in [1.82, 2.24) is 0 Å². The van der Waals surface area contributed by atoms with Gasteiger partial charge in [0.15, 0.2) is 0 Å². The van der Waals surface area contributed by atoms with E-state index >= 15 is 0 Å². The van der Waals surface area contributed by atoms with Crippen LogP contribution >= 0.6 is 0 Å². The van der Waals surface area contributed by atoms with Gasteiger partial charge in [0.2, 0.25) is 0 Å². The van der Waals surface area contributed by atoms with Gasteiger partial charge in [0.05, 0.1) is 0 Å². The molecule has 0 fully saturated rings. The molecular weight excluding hydrogens is 657 g/mol. The average Bonchev–Trinajstić information content (AvgIpc) is 3.78. The van der Waals surface area contributed by atoms with Crippen molar-refractivity contribution >= 4 is 92.5 Å². The molecule has 0 amide bonds. The quantitative estimate of drug-likeness (QED) is 0.133. The lowest BCUT2D eigenvalue weighted by Crippen LogP contribution is -1.92. The average molecular weight is 691 g/mol. The number of benzene rings is 9. The summed E-state index contributed by atoms with van der Waals surface area (Å²) in [6, 6.07) is 56.6. The second-order valence-corrected chi connectivity index (χ2v) is 14.4. The number of fused-ring (bicyclic) bond motifs is 11. The molecule has 2 aromatic heterocycles. The largest absolute Gasteiger partial charge is 0.456 e. The lowest BCUT2D eigenvalue weighted by Gasteiger charge is -2.18. The predicted molar refractivity (Wildman–Crippen MR) is 229 cm³/mol. The van der Waals surface area contributed by atoms with Gasteiger partial charge in [-0.15, -0.1) is 0 Å². The molecule has 0 bridgehead atoms. The molecule has 0 atom stereocenters. The minimum Gasteiger partial charge on any atom is -0.456 e. The van der Waals surface area contributed by atoms with Gasteiger partial charge in [0.1, 0.15) is 22.3 Å². The van der Waals surface area contributed by atoms with E-state index in [9.17, 15) is 0 Å². The van der Waals surface area contributed by atoms with Crippen molar-refractivity contribution in [2.75, 3.05) is 0 Å². The molecule has 0 radical (unpaired) electrons. The fraction of sp³-hybridized carbons (Fsp3) is 0.0385. The Morgan fingerprint density at radius 2 is 1.09 bits per heavy atom. The zero-order valence-corrected chi connectivity index (χ0v) is 29.8. The highest BCUT2D eigenvalue weighted by Crippen LogP contribution is 2.44. The van der Waals surface area contributed by atoms with E-state index in [0.29, 0.717) is 0 Å². The molecule has 2 nitrogen and oxygen atoms in total. The Morgan fingerprint density at radius 1 is 0.463 bits per heavy atom. The van der Waals surface area contributed by atoms with E-state index in [1.54, 1.807) is 0 Å². The monoisotopic (exact) mass is 690 g/mol. The number of para-hydroxylation sites is 1. The van der Waals surface area contributed by atoms with Crippen molar-refractivity contribution in [2.24, 2.45) is 0 Å². The first-order valence-corrected chi connectivity index (χ1v) is 18.6. The normalized spacial score (nSPS) is 12.6. The second-order valence-electron chi connectivity index (χ2n) is 14.4. The maximum atomic E-state index is 6.52. The van der Waals surface area contributed by atoms with Gasteiger partial charge in [0.25, 0.3) is 0 Å². The minimum absolute atomic E-state index is 0.885. The first-order valence-electron chi connectivity index (χ1n) is 18.6. The lowest BCUT2D eigenvalue weighted by atomic mass is 9.86. The number of hydrogen-bond acceptors (Lipinski definition) is 2. The van der Waals surface area contributed by atoms with Gasteiger partial charge in [-0.3, -0.25) is 0 Å². The molecule has 11 rings (SSSR count). The van der Waals surface area contributed by atoms with Gasteiger partial charge >= 0.3 is 0 Å². The summed E-state index contributed by atoms with van der Waals surface area (Å²) in [6.07, 6.45) is 7.65. The van der Waals surface area contributed by atoms with Crippen molar-refractivity contribution in [1.29, 1.82) is 0 Å². The number of rotatable bonds is 5. The van der Waals surface area contributed by atoms with E-state index in [1.807, 2.05) is 12.1 Å². The molecule has 0 N–H and O–H groups in total. The van der Waals surface area contributed by atoms with Gasteiger partial charge in [-0.1, -0.05) is 140 Å². The molecule has 0 aliphatic rings. The number of allylic oxidation sites excluding steroid dienone is 4. The van der Waals surface area contributed by atoms with Crippen LogP contribution in [0.3, 0.4) is 0 Å². The highest BCUT2D eigenvalue weighted by Gasteiger charge is 2.19. The predicted octanol–water partition coefficient (Wildman–Crippen LogP) is 15.0. The first kappa shape index (κ1) is 30.7. The summed E-state index contributed by atoms with van der Waals surface area (Å²) in [4.78, 5) is 0. The molecule has 0 saturated carbocycles. The Balaban J connectivity index is 1.06. The van der Waals surface area contributed by atoms with Crippen molar-refractivity contribution in [3.63, 3.8) is 0 Å². The van der Waals surface area contributed by atoms with Crippen molar-refractivity contribution < 1.29 is 8.83 Å². The van der Waals surface area contributed by atoms with E-state index in [-0.39, 0.29) is 0 Å². The van der Waals surface area contributed by atoms with Crippen LogP contribution in [0.25, 0.3) is 104 Å². The molecule has 254 valence electrons. The second kappa shape index (κ2) is 12.1. The Labute approximate surface area is 311 Å². The van der Waals surface area contributed by atoms with Crippen LogP contribution in [0.4, 0.5) is 0 Å². The molecule has 2 heterocycles. The smallest absolute Gasteiger partial charge is 0.136 e. The molecule has 0 aliphatic carbocycles. The zero-order chi connectivity index (χ0) is 35.8. The molecule has 0 unspecified atom stereocenters.